The van der Waals surface area contributed by atoms with Crippen molar-refractivity contribution in [3.05, 3.63) is 47.3 Å². The highest BCUT2D eigenvalue weighted by Gasteiger charge is 2.35. The molecule has 1 aromatic carbocycles. The molecule has 2 aliphatic rings. The van der Waals surface area contributed by atoms with Crippen LogP contribution >= 0.6 is 0 Å². The summed E-state index contributed by atoms with van der Waals surface area (Å²) in [6, 6.07) is 8.32. The third-order valence-electron chi connectivity index (χ3n) is 4.86. The number of nitrogens with zero attached hydrogens (tertiary/aromatic N) is 2. The number of benzene rings is 1. The second kappa shape index (κ2) is 5.98. The molecule has 1 aromatic heterocycles. The molecule has 0 radical (unpaired) electrons. The van der Waals surface area contributed by atoms with Crippen LogP contribution < -0.4 is 4.74 Å². The van der Waals surface area contributed by atoms with Crippen molar-refractivity contribution < 1.29 is 14.4 Å². The van der Waals surface area contributed by atoms with Gasteiger partial charge in [-0.3, -0.25) is 4.90 Å². The molecule has 23 heavy (non-hydrogen) atoms. The molecule has 2 aromatic rings. The molecule has 5 nitrogen and oxygen atoms in total. The van der Waals surface area contributed by atoms with Crippen molar-refractivity contribution in [2.75, 3.05) is 13.7 Å². The van der Waals surface area contributed by atoms with Crippen LogP contribution in [0.15, 0.2) is 35.0 Å². The minimum Gasteiger partial charge on any atom is -0.497 e. The minimum absolute atomic E-state index is 0.196. The van der Waals surface area contributed by atoms with Crippen molar-refractivity contribution in [3.63, 3.8) is 0 Å². The molecule has 1 saturated heterocycles. The molecule has 2 atom stereocenters. The van der Waals surface area contributed by atoms with Gasteiger partial charge in [0.25, 0.3) is 0 Å². The van der Waals surface area contributed by atoms with Gasteiger partial charge in [-0.05, 0) is 37.0 Å². The van der Waals surface area contributed by atoms with Crippen LogP contribution in [0.5, 0.6) is 5.75 Å². The van der Waals surface area contributed by atoms with Gasteiger partial charge in [-0.2, -0.15) is 0 Å². The first kappa shape index (κ1) is 14.7. The van der Waals surface area contributed by atoms with Gasteiger partial charge in [0.15, 0.2) is 0 Å². The molecule has 4 rings (SSSR count). The highest BCUT2D eigenvalue weighted by atomic mass is 16.5. The maximum atomic E-state index is 10.2. The summed E-state index contributed by atoms with van der Waals surface area (Å²) in [5.41, 5.74) is 2.35. The molecule has 122 valence electrons. The molecular formula is C18H22N2O3. The Morgan fingerprint density at radius 2 is 2.26 bits per heavy atom. The largest absolute Gasteiger partial charge is 0.497 e. The maximum absolute atomic E-state index is 10.2. The molecule has 1 aliphatic carbocycles. The predicted molar refractivity (Wildman–Crippen MR) is 85.2 cm³/mol. The number of likely N-dealkylation sites (tertiary alicyclic amines) is 1. The number of ether oxygens (including phenoxy) is 1. The first-order valence-electron chi connectivity index (χ1n) is 8.24. The standard InChI is InChI=1S/C18H22N2O3/c1-22-16-4-2-3-13(7-16)17-8-15(21)11-20(17)10-14-9-19-23-18(14)12-5-6-12/h2-4,7,9,12,15,17,21H,5-6,8,10-11H2,1H3/t15-,17+/m1/s1. The highest BCUT2D eigenvalue weighted by Crippen LogP contribution is 2.43. The summed E-state index contributed by atoms with van der Waals surface area (Å²) < 4.78 is 10.8. The minimum atomic E-state index is -0.296. The van der Waals surface area contributed by atoms with E-state index in [1.807, 2.05) is 18.3 Å². The van der Waals surface area contributed by atoms with Crippen LogP contribution in [-0.4, -0.2) is 34.9 Å². The quantitative estimate of drug-likeness (QED) is 0.919. The Labute approximate surface area is 135 Å². The Balaban J connectivity index is 1.57. The molecule has 0 bridgehead atoms. The van der Waals surface area contributed by atoms with Crippen molar-refractivity contribution in [2.24, 2.45) is 0 Å². The van der Waals surface area contributed by atoms with Crippen molar-refractivity contribution >= 4 is 0 Å². The van der Waals surface area contributed by atoms with E-state index in [2.05, 4.69) is 22.2 Å². The topological polar surface area (TPSA) is 58.7 Å². The van der Waals surface area contributed by atoms with Crippen molar-refractivity contribution in [1.29, 1.82) is 0 Å². The number of aromatic nitrogens is 1. The molecule has 1 saturated carbocycles. The fourth-order valence-corrected chi connectivity index (χ4v) is 3.54. The zero-order chi connectivity index (χ0) is 15.8. The summed E-state index contributed by atoms with van der Waals surface area (Å²) in [7, 11) is 1.68. The molecule has 0 unspecified atom stereocenters. The number of aliphatic hydroxyl groups excluding tert-OH is 1. The van der Waals surface area contributed by atoms with E-state index >= 15 is 0 Å². The van der Waals surface area contributed by atoms with Gasteiger partial charge in [-0.1, -0.05) is 17.3 Å². The highest BCUT2D eigenvalue weighted by molar-refractivity contribution is 5.31. The summed E-state index contributed by atoms with van der Waals surface area (Å²) in [6.45, 7) is 1.45. The van der Waals surface area contributed by atoms with Crippen LogP contribution in [-0.2, 0) is 6.54 Å². The van der Waals surface area contributed by atoms with Crippen LogP contribution in [0.4, 0.5) is 0 Å². The van der Waals surface area contributed by atoms with Gasteiger partial charge in [0.05, 0.1) is 19.4 Å². The SMILES string of the molecule is COc1cccc([C@@H]2C[C@@H](O)CN2Cc2cnoc2C2CC2)c1. The smallest absolute Gasteiger partial charge is 0.144 e. The molecule has 2 heterocycles. The normalized spacial score (nSPS) is 25.0. The third kappa shape index (κ3) is 2.99. The van der Waals surface area contributed by atoms with Crippen molar-refractivity contribution in [2.45, 2.75) is 43.9 Å². The van der Waals surface area contributed by atoms with Gasteiger partial charge in [0.1, 0.15) is 11.5 Å². The fraction of sp³-hybridized carbons (Fsp3) is 0.500. The lowest BCUT2D eigenvalue weighted by Gasteiger charge is -2.24. The zero-order valence-electron chi connectivity index (χ0n) is 13.3. The first-order chi connectivity index (χ1) is 11.2. The van der Waals surface area contributed by atoms with Gasteiger partial charge in [0.2, 0.25) is 0 Å². The Kier molecular flexibility index (Phi) is 3.83. The van der Waals surface area contributed by atoms with E-state index < -0.39 is 0 Å². The fourth-order valence-electron chi connectivity index (χ4n) is 3.54. The van der Waals surface area contributed by atoms with Crippen molar-refractivity contribution in [3.8, 4) is 5.75 Å². The monoisotopic (exact) mass is 314 g/mol. The second-order valence-electron chi connectivity index (χ2n) is 6.60. The summed E-state index contributed by atoms with van der Waals surface area (Å²) in [5.74, 6) is 2.44. The number of hydrogen-bond donors (Lipinski definition) is 1. The van der Waals surface area contributed by atoms with E-state index in [9.17, 15) is 5.11 Å². The number of methoxy groups -OCH3 is 1. The van der Waals surface area contributed by atoms with Gasteiger partial charge in [-0.25, -0.2) is 0 Å². The van der Waals surface area contributed by atoms with E-state index in [1.54, 1.807) is 7.11 Å². The first-order valence-corrected chi connectivity index (χ1v) is 8.24. The maximum Gasteiger partial charge on any atom is 0.144 e. The Morgan fingerprint density at radius 1 is 1.39 bits per heavy atom. The van der Waals surface area contributed by atoms with E-state index in [-0.39, 0.29) is 12.1 Å². The Bertz CT molecular complexity index is 680. The summed E-state index contributed by atoms with van der Waals surface area (Å²) in [4.78, 5) is 2.32. The average molecular weight is 314 g/mol. The molecule has 1 aliphatic heterocycles. The van der Waals surface area contributed by atoms with Gasteiger partial charge in [-0.15, -0.1) is 0 Å². The lowest BCUT2D eigenvalue weighted by atomic mass is 10.0. The van der Waals surface area contributed by atoms with Gasteiger partial charge < -0.3 is 14.4 Å². The molecular weight excluding hydrogens is 292 g/mol. The van der Waals surface area contributed by atoms with Crippen LogP contribution in [0, 0.1) is 0 Å². The summed E-state index contributed by atoms with van der Waals surface area (Å²) in [5, 5.41) is 14.2. The van der Waals surface area contributed by atoms with Crippen LogP contribution in [0.1, 0.15) is 48.1 Å². The number of β-amino-alcohol motifs (C(OH)–C–C–N with tert-alkyl or cyclic N) is 1. The second-order valence-corrected chi connectivity index (χ2v) is 6.60. The molecule has 5 heteroatoms. The number of rotatable bonds is 5. The Morgan fingerprint density at radius 3 is 3.04 bits per heavy atom. The van der Waals surface area contributed by atoms with E-state index in [0.29, 0.717) is 12.5 Å². The van der Waals surface area contributed by atoms with Crippen LogP contribution in [0.2, 0.25) is 0 Å². The lowest BCUT2D eigenvalue weighted by molar-refractivity contribution is 0.172. The summed E-state index contributed by atoms with van der Waals surface area (Å²) in [6.07, 6.45) is 4.68. The van der Waals surface area contributed by atoms with E-state index in [0.717, 1.165) is 30.0 Å². The molecule has 2 fully saturated rings. The number of hydrogen-bond acceptors (Lipinski definition) is 5. The van der Waals surface area contributed by atoms with Gasteiger partial charge >= 0.3 is 0 Å². The van der Waals surface area contributed by atoms with Crippen LogP contribution in [0.25, 0.3) is 0 Å². The van der Waals surface area contributed by atoms with E-state index in [4.69, 9.17) is 9.26 Å². The predicted octanol–water partition coefficient (Wildman–Crippen LogP) is 2.87. The molecule has 1 N–H and O–H groups in total. The zero-order valence-corrected chi connectivity index (χ0v) is 13.3. The molecule has 0 spiro atoms. The average Bonchev–Trinajstić information content (AvgIpc) is 3.20. The third-order valence-corrected chi connectivity index (χ3v) is 4.86. The number of aliphatic hydroxyl groups is 1. The Hall–Kier alpha value is -1.85. The summed E-state index contributed by atoms with van der Waals surface area (Å²) >= 11 is 0. The van der Waals surface area contributed by atoms with Crippen molar-refractivity contribution in [1.82, 2.24) is 10.1 Å². The van der Waals surface area contributed by atoms with Gasteiger partial charge in [0, 0.05) is 30.6 Å². The lowest BCUT2D eigenvalue weighted by Crippen LogP contribution is -2.24. The molecule has 0 amide bonds. The van der Waals surface area contributed by atoms with Crippen LogP contribution in [0.3, 0.4) is 0 Å². The van der Waals surface area contributed by atoms with E-state index in [1.165, 1.54) is 18.4 Å².